The first-order valence-corrected chi connectivity index (χ1v) is 2.98. The van der Waals surface area contributed by atoms with Crippen LogP contribution >= 0.6 is 11.6 Å². The van der Waals surface area contributed by atoms with Crippen molar-refractivity contribution >= 4 is 11.6 Å². The lowest BCUT2D eigenvalue weighted by atomic mass is 10.3. The number of allylic oxidation sites excluding steroid dienone is 4. The molecule has 0 aliphatic rings. The lowest BCUT2D eigenvalue weighted by Crippen LogP contribution is -1.60. The van der Waals surface area contributed by atoms with E-state index in [0.717, 1.165) is 5.03 Å². The lowest BCUT2D eigenvalue weighted by Gasteiger charge is -1.82. The molecular weight excluding hydrogens is 120 g/mol. The fraction of sp³-hybridized carbons (Fsp3) is 0.429. The molecule has 8 heavy (non-hydrogen) atoms. The number of rotatable bonds is 1. The summed E-state index contributed by atoms with van der Waals surface area (Å²) in [6, 6.07) is 0. The fourth-order valence-electron chi connectivity index (χ4n) is 0.281. The van der Waals surface area contributed by atoms with E-state index in [-0.39, 0.29) is 0 Å². The SMILES string of the molecule is CC(C)=C/C=C(/C)Cl. The van der Waals surface area contributed by atoms with Gasteiger partial charge in [-0.3, -0.25) is 0 Å². The van der Waals surface area contributed by atoms with Crippen molar-refractivity contribution in [2.45, 2.75) is 20.8 Å². The third kappa shape index (κ3) is 5.77. The molecule has 0 aromatic rings. The Morgan fingerprint density at radius 2 is 1.62 bits per heavy atom. The van der Waals surface area contributed by atoms with Crippen LogP contribution in [0.2, 0.25) is 0 Å². The third-order valence-corrected chi connectivity index (χ3v) is 0.772. The normalized spacial score (nSPS) is 11.2. The van der Waals surface area contributed by atoms with Gasteiger partial charge in [-0.05, 0) is 26.8 Å². The molecule has 1 heteroatoms. The van der Waals surface area contributed by atoms with Gasteiger partial charge in [0.05, 0.1) is 0 Å². The van der Waals surface area contributed by atoms with Crippen molar-refractivity contribution < 1.29 is 0 Å². The second-order valence-electron chi connectivity index (χ2n) is 2.00. The van der Waals surface area contributed by atoms with Crippen LogP contribution in [0.25, 0.3) is 0 Å². The average Bonchev–Trinajstić information content (AvgIpc) is 1.61. The Morgan fingerprint density at radius 1 is 1.12 bits per heavy atom. The van der Waals surface area contributed by atoms with Gasteiger partial charge in [-0.1, -0.05) is 23.3 Å². The zero-order valence-corrected chi connectivity index (χ0v) is 6.29. The highest BCUT2D eigenvalue weighted by Gasteiger charge is 1.74. The summed E-state index contributed by atoms with van der Waals surface area (Å²) in [5, 5.41) is 0.825. The van der Waals surface area contributed by atoms with Gasteiger partial charge in [0.15, 0.2) is 0 Å². The molecule has 0 aromatic heterocycles. The second-order valence-corrected chi connectivity index (χ2v) is 2.59. The summed E-state index contributed by atoms with van der Waals surface area (Å²) < 4.78 is 0. The predicted molar refractivity (Wildman–Crippen MR) is 39.0 cm³/mol. The topological polar surface area (TPSA) is 0 Å². The number of halogens is 1. The van der Waals surface area contributed by atoms with Gasteiger partial charge in [0, 0.05) is 5.03 Å². The molecule has 0 bridgehead atoms. The highest BCUT2D eigenvalue weighted by atomic mass is 35.5. The zero-order valence-electron chi connectivity index (χ0n) is 5.53. The van der Waals surface area contributed by atoms with E-state index < -0.39 is 0 Å². The van der Waals surface area contributed by atoms with Crippen LogP contribution in [0.5, 0.6) is 0 Å². The van der Waals surface area contributed by atoms with E-state index in [1.807, 2.05) is 32.9 Å². The van der Waals surface area contributed by atoms with Gasteiger partial charge in [0.2, 0.25) is 0 Å². The average molecular weight is 131 g/mol. The maximum Gasteiger partial charge on any atom is 0.0149 e. The third-order valence-electron chi connectivity index (χ3n) is 0.646. The molecule has 0 heterocycles. The maximum atomic E-state index is 5.54. The predicted octanol–water partition coefficient (Wildman–Crippen LogP) is 3.10. The second kappa shape index (κ2) is 3.73. The van der Waals surface area contributed by atoms with Gasteiger partial charge in [0.1, 0.15) is 0 Å². The van der Waals surface area contributed by atoms with Crippen LogP contribution in [0, 0.1) is 0 Å². The van der Waals surface area contributed by atoms with Crippen molar-refractivity contribution in [2.75, 3.05) is 0 Å². The van der Waals surface area contributed by atoms with Crippen molar-refractivity contribution in [3.8, 4) is 0 Å². The summed E-state index contributed by atoms with van der Waals surface area (Å²) >= 11 is 5.54. The van der Waals surface area contributed by atoms with E-state index in [0.29, 0.717) is 0 Å². The van der Waals surface area contributed by atoms with Crippen molar-refractivity contribution in [3.05, 3.63) is 22.8 Å². The van der Waals surface area contributed by atoms with Crippen molar-refractivity contribution in [3.63, 3.8) is 0 Å². The van der Waals surface area contributed by atoms with Crippen LogP contribution in [0.1, 0.15) is 20.8 Å². The molecule has 0 spiro atoms. The molecule has 0 fully saturated rings. The Labute approximate surface area is 55.9 Å². The Bertz CT molecular complexity index is 96.3. The summed E-state index contributed by atoms with van der Waals surface area (Å²) in [6.07, 6.45) is 3.87. The minimum absolute atomic E-state index is 0.825. The van der Waals surface area contributed by atoms with Crippen molar-refractivity contribution in [1.82, 2.24) is 0 Å². The van der Waals surface area contributed by atoms with Gasteiger partial charge in [-0.2, -0.15) is 0 Å². The first kappa shape index (κ1) is 7.77. The Balaban J connectivity index is 3.76. The Morgan fingerprint density at radius 3 is 1.75 bits per heavy atom. The number of hydrogen-bond acceptors (Lipinski definition) is 0. The highest BCUT2D eigenvalue weighted by Crippen LogP contribution is 1.99. The minimum atomic E-state index is 0.825. The summed E-state index contributed by atoms with van der Waals surface area (Å²) in [5.41, 5.74) is 1.27. The first-order valence-electron chi connectivity index (χ1n) is 2.60. The zero-order chi connectivity index (χ0) is 6.57. The van der Waals surface area contributed by atoms with Crippen molar-refractivity contribution in [1.29, 1.82) is 0 Å². The molecule has 0 unspecified atom stereocenters. The molecule has 0 N–H and O–H groups in total. The van der Waals surface area contributed by atoms with E-state index in [2.05, 4.69) is 0 Å². The van der Waals surface area contributed by atoms with Crippen LogP contribution in [-0.4, -0.2) is 0 Å². The van der Waals surface area contributed by atoms with Gasteiger partial charge in [-0.25, -0.2) is 0 Å². The van der Waals surface area contributed by atoms with Crippen LogP contribution in [0.3, 0.4) is 0 Å². The monoisotopic (exact) mass is 130 g/mol. The smallest absolute Gasteiger partial charge is 0.0149 e. The Hall–Kier alpha value is -0.230. The van der Waals surface area contributed by atoms with Gasteiger partial charge < -0.3 is 0 Å². The van der Waals surface area contributed by atoms with Gasteiger partial charge in [-0.15, -0.1) is 0 Å². The highest BCUT2D eigenvalue weighted by molar-refractivity contribution is 6.29. The van der Waals surface area contributed by atoms with Crippen LogP contribution in [0.4, 0.5) is 0 Å². The van der Waals surface area contributed by atoms with E-state index in [1.54, 1.807) is 0 Å². The molecule has 0 radical (unpaired) electrons. The fourth-order valence-corrected chi connectivity index (χ4v) is 0.344. The summed E-state index contributed by atoms with van der Waals surface area (Å²) in [7, 11) is 0. The summed E-state index contributed by atoms with van der Waals surface area (Å²) in [4.78, 5) is 0. The van der Waals surface area contributed by atoms with Crippen LogP contribution in [-0.2, 0) is 0 Å². The Kier molecular flexibility index (Phi) is 3.63. The molecule has 0 aliphatic carbocycles. The molecule has 0 saturated heterocycles. The summed E-state index contributed by atoms with van der Waals surface area (Å²) in [5.74, 6) is 0. The van der Waals surface area contributed by atoms with Gasteiger partial charge >= 0.3 is 0 Å². The van der Waals surface area contributed by atoms with E-state index in [4.69, 9.17) is 11.6 Å². The largest absolute Gasteiger partial charge is 0.0895 e. The van der Waals surface area contributed by atoms with Gasteiger partial charge in [0.25, 0.3) is 0 Å². The standard InChI is InChI=1S/C7H11Cl/c1-6(2)4-5-7(3)8/h4-5H,1-3H3/b7-5-. The van der Waals surface area contributed by atoms with E-state index >= 15 is 0 Å². The summed E-state index contributed by atoms with van der Waals surface area (Å²) in [6.45, 7) is 5.94. The van der Waals surface area contributed by atoms with E-state index in [1.165, 1.54) is 5.57 Å². The molecule has 0 aromatic carbocycles. The minimum Gasteiger partial charge on any atom is -0.0895 e. The first-order chi connectivity index (χ1) is 3.63. The molecule has 0 atom stereocenters. The molecule has 0 amide bonds. The molecule has 0 aliphatic heterocycles. The maximum absolute atomic E-state index is 5.54. The molecule has 0 nitrogen and oxygen atoms in total. The quantitative estimate of drug-likeness (QED) is 0.479. The van der Waals surface area contributed by atoms with Crippen LogP contribution < -0.4 is 0 Å². The molecular formula is C7H11Cl. The molecule has 46 valence electrons. The van der Waals surface area contributed by atoms with Crippen LogP contribution in [0.15, 0.2) is 22.8 Å². The van der Waals surface area contributed by atoms with Crippen molar-refractivity contribution in [2.24, 2.45) is 0 Å². The number of hydrogen-bond donors (Lipinski definition) is 0. The molecule has 0 rings (SSSR count). The molecule has 0 saturated carbocycles. The van der Waals surface area contributed by atoms with E-state index in [9.17, 15) is 0 Å². The lowest BCUT2D eigenvalue weighted by molar-refractivity contribution is 1.39.